The number of rotatable bonds is 53. The molecule has 6 heteroatoms. The van der Waals surface area contributed by atoms with Gasteiger partial charge in [-0.3, -0.25) is 14.4 Å². The van der Waals surface area contributed by atoms with Crippen molar-refractivity contribution in [1.82, 2.24) is 0 Å². The van der Waals surface area contributed by atoms with E-state index in [1.807, 2.05) is 12.2 Å². The predicted molar refractivity (Wildman–Crippen MR) is 334 cm³/mol. The first-order chi connectivity index (χ1) is 38.0. The van der Waals surface area contributed by atoms with Crippen LogP contribution in [-0.2, 0) is 28.6 Å². The summed E-state index contributed by atoms with van der Waals surface area (Å²) < 4.78 is 16.8. The topological polar surface area (TPSA) is 78.9 Å². The van der Waals surface area contributed by atoms with E-state index < -0.39 is 12.1 Å². The zero-order chi connectivity index (χ0) is 55.7. The van der Waals surface area contributed by atoms with E-state index >= 15 is 0 Å². The van der Waals surface area contributed by atoms with Gasteiger partial charge in [0, 0.05) is 19.3 Å². The molecule has 0 fully saturated rings. The van der Waals surface area contributed by atoms with Crippen LogP contribution in [-0.4, -0.2) is 37.2 Å². The lowest BCUT2D eigenvalue weighted by Gasteiger charge is -2.18. The number of hydrogen-bond acceptors (Lipinski definition) is 6. The van der Waals surface area contributed by atoms with Crippen LogP contribution >= 0.6 is 0 Å². The van der Waals surface area contributed by atoms with Crippen molar-refractivity contribution in [1.29, 1.82) is 0 Å². The van der Waals surface area contributed by atoms with E-state index in [0.717, 1.165) is 154 Å². The minimum atomic E-state index is -0.844. The summed E-state index contributed by atoms with van der Waals surface area (Å²) in [7, 11) is 0. The lowest BCUT2D eigenvalue weighted by molar-refractivity contribution is -0.166. The highest BCUT2D eigenvalue weighted by Gasteiger charge is 2.19. The normalized spacial score (nSPS) is 13.3. The van der Waals surface area contributed by atoms with Gasteiger partial charge in [0.15, 0.2) is 6.10 Å². The Morgan fingerprint density at radius 1 is 0.273 bits per heavy atom. The fraction of sp³-hybridized carbons (Fsp3) is 0.563. The number of esters is 3. The van der Waals surface area contributed by atoms with E-state index in [-0.39, 0.29) is 31.6 Å². The SMILES string of the molecule is CC/C=C\C/C=C\C/C=C\C/C=C\C/C=C\C/C=C\CCC(=O)OC(COC(=O)CCCCCCC/C=C\C/C=C\C/C=C\C/C=C\C/C=C\CC)COC(=O)CCCCCCCC/C=C\C/C=C\C/C=C\CCCCC. The van der Waals surface area contributed by atoms with Crippen LogP contribution in [0.3, 0.4) is 0 Å². The van der Waals surface area contributed by atoms with Crippen LogP contribution in [0.25, 0.3) is 0 Å². The smallest absolute Gasteiger partial charge is 0.306 e. The van der Waals surface area contributed by atoms with Crippen LogP contribution in [0, 0.1) is 0 Å². The Morgan fingerprint density at radius 2 is 0.532 bits per heavy atom. The monoisotopic (exact) mass is 1060 g/mol. The first-order valence-corrected chi connectivity index (χ1v) is 30.6. The van der Waals surface area contributed by atoms with E-state index in [0.29, 0.717) is 19.3 Å². The summed E-state index contributed by atoms with van der Waals surface area (Å²) in [4.78, 5) is 38.3. The summed E-state index contributed by atoms with van der Waals surface area (Å²) in [6, 6.07) is 0. The molecule has 0 bridgehead atoms. The van der Waals surface area contributed by atoms with Crippen molar-refractivity contribution in [3.8, 4) is 0 Å². The van der Waals surface area contributed by atoms with Crippen LogP contribution < -0.4 is 0 Å². The first-order valence-electron chi connectivity index (χ1n) is 30.6. The fourth-order valence-electron chi connectivity index (χ4n) is 7.68. The molecule has 430 valence electrons. The number of unbranched alkanes of at least 4 members (excludes halogenated alkanes) is 14. The van der Waals surface area contributed by atoms with Crippen LogP contribution in [0.2, 0.25) is 0 Å². The number of carbonyl (C=O) groups excluding carboxylic acids is 3. The molecule has 0 saturated heterocycles. The molecule has 0 amide bonds. The standard InChI is InChI=1S/C71H110O6/c1-4-7-10-13-16-19-22-25-28-31-34-35-38-40-43-46-49-52-55-58-61-64-70(73)76-67-68(77-71(74)65-62-59-56-53-50-47-44-41-37-33-30-27-24-21-18-15-12-9-6-3)66-75-69(72)63-60-57-54-51-48-45-42-39-36-32-29-26-23-20-17-14-11-8-5-2/h7,9-10,12,16-21,25-30,34-37,39-41,43,47,50,56,59,68H,4-6,8,11,13-15,22-24,31-33,38,42,44-46,48-49,51-55,57-58,60-67H2,1-3H3/b10-7-,12-9-,19-16-,20-17-,21-18-,28-25-,29-26-,30-27-,35-34-,39-36-,41-37-,43-40-,50-47-,59-56-. The lowest BCUT2D eigenvalue weighted by atomic mass is 10.1. The van der Waals surface area contributed by atoms with Gasteiger partial charge in [-0.1, -0.05) is 249 Å². The van der Waals surface area contributed by atoms with Crippen LogP contribution in [0.1, 0.15) is 239 Å². The molecular weight excluding hydrogens is 949 g/mol. The van der Waals surface area contributed by atoms with Crippen molar-refractivity contribution in [3.05, 3.63) is 170 Å². The van der Waals surface area contributed by atoms with Gasteiger partial charge in [-0.25, -0.2) is 0 Å². The van der Waals surface area contributed by atoms with E-state index in [2.05, 4.69) is 179 Å². The number of hydrogen-bond donors (Lipinski definition) is 0. The second-order valence-corrected chi connectivity index (χ2v) is 19.5. The molecule has 0 aromatic heterocycles. The summed E-state index contributed by atoms with van der Waals surface area (Å²) >= 11 is 0. The Labute approximate surface area is 472 Å². The lowest BCUT2D eigenvalue weighted by Crippen LogP contribution is -2.30. The molecule has 0 spiro atoms. The third kappa shape index (κ3) is 61.5. The Balaban J connectivity index is 4.60. The Kier molecular flexibility index (Phi) is 59.0. The molecular formula is C71H110O6. The van der Waals surface area contributed by atoms with Gasteiger partial charge < -0.3 is 14.2 Å². The van der Waals surface area contributed by atoms with E-state index in [1.54, 1.807) is 0 Å². The summed E-state index contributed by atoms with van der Waals surface area (Å²) in [6.45, 7) is 6.28. The van der Waals surface area contributed by atoms with Crippen molar-refractivity contribution < 1.29 is 28.6 Å². The number of carbonyl (C=O) groups is 3. The molecule has 1 atom stereocenters. The summed E-state index contributed by atoms with van der Waals surface area (Å²) in [5.41, 5.74) is 0. The molecule has 0 rings (SSSR count). The first kappa shape index (κ1) is 71.8. The Hall–Kier alpha value is -5.23. The van der Waals surface area contributed by atoms with E-state index in [9.17, 15) is 14.4 Å². The van der Waals surface area contributed by atoms with Gasteiger partial charge in [0.05, 0.1) is 0 Å². The van der Waals surface area contributed by atoms with Gasteiger partial charge >= 0.3 is 17.9 Å². The molecule has 77 heavy (non-hydrogen) atoms. The molecule has 0 radical (unpaired) electrons. The zero-order valence-corrected chi connectivity index (χ0v) is 49.1. The van der Waals surface area contributed by atoms with Gasteiger partial charge in [0.25, 0.3) is 0 Å². The molecule has 0 aromatic carbocycles. The van der Waals surface area contributed by atoms with Gasteiger partial charge in [-0.05, 0) is 141 Å². The highest BCUT2D eigenvalue weighted by Crippen LogP contribution is 2.13. The van der Waals surface area contributed by atoms with Crippen molar-refractivity contribution in [2.24, 2.45) is 0 Å². The minimum absolute atomic E-state index is 0.130. The average Bonchev–Trinajstić information content (AvgIpc) is 3.43. The molecule has 0 heterocycles. The molecule has 0 N–H and O–H groups in total. The maximum Gasteiger partial charge on any atom is 0.306 e. The highest BCUT2D eigenvalue weighted by molar-refractivity contribution is 5.71. The maximum absolute atomic E-state index is 12.9. The van der Waals surface area contributed by atoms with Gasteiger partial charge in [0.1, 0.15) is 13.2 Å². The fourth-order valence-corrected chi connectivity index (χ4v) is 7.68. The quantitative estimate of drug-likeness (QED) is 0.0261. The van der Waals surface area contributed by atoms with Crippen molar-refractivity contribution in [3.63, 3.8) is 0 Å². The largest absolute Gasteiger partial charge is 0.462 e. The Morgan fingerprint density at radius 3 is 0.844 bits per heavy atom. The molecule has 0 saturated carbocycles. The summed E-state index contributed by atoms with van der Waals surface area (Å²) in [5.74, 6) is -1.05. The van der Waals surface area contributed by atoms with Gasteiger partial charge in [-0.2, -0.15) is 0 Å². The minimum Gasteiger partial charge on any atom is -0.462 e. The Bertz CT molecular complexity index is 1790. The molecule has 1 unspecified atom stereocenters. The zero-order valence-electron chi connectivity index (χ0n) is 49.1. The van der Waals surface area contributed by atoms with Gasteiger partial charge in [0.2, 0.25) is 0 Å². The molecule has 0 aromatic rings. The van der Waals surface area contributed by atoms with Crippen LogP contribution in [0.15, 0.2) is 170 Å². The number of allylic oxidation sites excluding steroid dienone is 28. The third-order valence-corrected chi connectivity index (χ3v) is 12.2. The third-order valence-electron chi connectivity index (χ3n) is 12.2. The molecule has 6 nitrogen and oxygen atoms in total. The van der Waals surface area contributed by atoms with Crippen molar-refractivity contribution in [2.45, 2.75) is 245 Å². The summed E-state index contributed by atoms with van der Waals surface area (Å²) in [5, 5.41) is 0. The number of ether oxygens (including phenoxy) is 3. The van der Waals surface area contributed by atoms with Crippen molar-refractivity contribution in [2.75, 3.05) is 13.2 Å². The average molecular weight is 1060 g/mol. The molecule has 0 aliphatic heterocycles. The van der Waals surface area contributed by atoms with Crippen LogP contribution in [0.4, 0.5) is 0 Å². The summed E-state index contributed by atoms with van der Waals surface area (Å²) in [6.07, 6.45) is 93.5. The maximum atomic E-state index is 12.9. The van der Waals surface area contributed by atoms with Gasteiger partial charge in [-0.15, -0.1) is 0 Å². The molecule has 0 aliphatic carbocycles. The predicted octanol–water partition coefficient (Wildman–Crippen LogP) is 21.1. The molecule has 0 aliphatic rings. The highest BCUT2D eigenvalue weighted by atomic mass is 16.6. The van der Waals surface area contributed by atoms with Crippen LogP contribution in [0.5, 0.6) is 0 Å². The van der Waals surface area contributed by atoms with E-state index in [4.69, 9.17) is 14.2 Å². The van der Waals surface area contributed by atoms with Crippen molar-refractivity contribution >= 4 is 17.9 Å². The second kappa shape index (κ2) is 63.3. The van der Waals surface area contributed by atoms with E-state index in [1.165, 1.54) is 38.5 Å². The second-order valence-electron chi connectivity index (χ2n) is 19.5.